The molecule has 2 heterocycles. The first-order valence-corrected chi connectivity index (χ1v) is 6.40. The molecule has 2 unspecified atom stereocenters. The number of piperidine rings is 1. The van der Waals surface area contributed by atoms with E-state index in [0.717, 1.165) is 19.4 Å². The van der Waals surface area contributed by atoms with Gasteiger partial charge in [0.2, 0.25) is 5.91 Å². The number of carbonyl (C=O) groups is 2. The van der Waals surface area contributed by atoms with Gasteiger partial charge < -0.3 is 10.0 Å². The maximum Gasteiger partial charge on any atom is 0.358 e. The van der Waals surface area contributed by atoms with Crippen molar-refractivity contribution in [3.05, 3.63) is 11.9 Å². The fourth-order valence-electron chi connectivity index (χ4n) is 2.34. The molecule has 0 radical (unpaired) electrons. The average Bonchev–Trinajstić information content (AvgIpc) is 2.80. The van der Waals surface area contributed by atoms with Gasteiger partial charge in [-0.1, -0.05) is 12.1 Å². The van der Waals surface area contributed by atoms with Gasteiger partial charge in [0.05, 0.1) is 6.20 Å². The van der Waals surface area contributed by atoms with Gasteiger partial charge in [0.1, 0.15) is 6.54 Å². The van der Waals surface area contributed by atoms with Crippen molar-refractivity contribution in [1.82, 2.24) is 19.9 Å². The molecule has 1 aliphatic rings. The summed E-state index contributed by atoms with van der Waals surface area (Å²) in [6.07, 6.45) is 3.42. The third kappa shape index (κ3) is 3.10. The summed E-state index contributed by atoms with van der Waals surface area (Å²) in [6, 6.07) is 0.228. The minimum absolute atomic E-state index is 0.0390. The third-order valence-electron chi connectivity index (χ3n) is 3.49. The molecular weight excluding hydrogens is 248 g/mol. The van der Waals surface area contributed by atoms with Crippen LogP contribution in [0.2, 0.25) is 0 Å². The predicted octanol–water partition coefficient (Wildman–Crippen LogP) is 0.623. The SMILES string of the molecule is CC1CCC(C)N(C(=O)Cn2cc(C(=O)O)nn2)C1. The molecule has 1 fully saturated rings. The van der Waals surface area contributed by atoms with Gasteiger partial charge in [-0.15, -0.1) is 5.10 Å². The highest BCUT2D eigenvalue weighted by Gasteiger charge is 2.27. The number of likely N-dealkylation sites (tertiary alicyclic amines) is 1. The largest absolute Gasteiger partial charge is 0.476 e. The number of hydrogen-bond donors (Lipinski definition) is 1. The molecule has 1 aromatic rings. The number of hydrogen-bond acceptors (Lipinski definition) is 4. The fourth-order valence-corrected chi connectivity index (χ4v) is 2.34. The minimum atomic E-state index is -1.14. The minimum Gasteiger partial charge on any atom is -0.476 e. The average molecular weight is 266 g/mol. The standard InChI is InChI=1S/C12H18N4O3/c1-8-3-4-9(2)16(5-8)11(17)7-15-6-10(12(18)19)13-14-15/h6,8-9H,3-5,7H2,1-2H3,(H,18,19). The van der Waals surface area contributed by atoms with E-state index >= 15 is 0 Å². The molecule has 2 rings (SSSR count). The molecule has 2 atom stereocenters. The second-order valence-electron chi connectivity index (χ2n) is 5.18. The van der Waals surface area contributed by atoms with Gasteiger partial charge in [-0.05, 0) is 25.7 Å². The molecule has 0 bridgehead atoms. The van der Waals surface area contributed by atoms with Gasteiger partial charge in [0.15, 0.2) is 5.69 Å². The van der Waals surface area contributed by atoms with Crippen molar-refractivity contribution in [2.45, 2.75) is 39.3 Å². The van der Waals surface area contributed by atoms with Crippen molar-refractivity contribution in [3.8, 4) is 0 Å². The van der Waals surface area contributed by atoms with Gasteiger partial charge >= 0.3 is 5.97 Å². The summed E-state index contributed by atoms with van der Waals surface area (Å²) >= 11 is 0. The van der Waals surface area contributed by atoms with Crippen molar-refractivity contribution in [3.63, 3.8) is 0 Å². The summed E-state index contributed by atoms with van der Waals surface area (Å²) in [7, 11) is 0. The molecule has 7 nitrogen and oxygen atoms in total. The zero-order valence-corrected chi connectivity index (χ0v) is 11.1. The van der Waals surface area contributed by atoms with Gasteiger partial charge in [0, 0.05) is 12.6 Å². The maximum atomic E-state index is 12.2. The smallest absolute Gasteiger partial charge is 0.358 e. The van der Waals surface area contributed by atoms with Crippen LogP contribution < -0.4 is 0 Å². The Morgan fingerprint density at radius 2 is 2.16 bits per heavy atom. The molecule has 0 saturated carbocycles. The van der Waals surface area contributed by atoms with Crippen LogP contribution >= 0.6 is 0 Å². The predicted molar refractivity (Wildman–Crippen MR) is 66.6 cm³/mol. The molecule has 1 amide bonds. The number of carbonyl (C=O) groups excluding carboxylic acids is 1. The number of rotatable bonds is 3. The molecule has 1 N–H and O–H groups in total. The lowest BCUT2D eigenvalue weighted by molar-refractivity contribution is -0.136. The van der Waals surface area contributed by atoms with E-state index in [9.17, 15) is 9.59 Å². The number of carboxylic acids is 1. The number of carboxylic acid groups (broad SMARTS) is 1. The topological polar surface area (TPSA) is 88.3 Å². The number of nitrogens with zero attached hydrogens (tertiary/aromatic N) is 4. The van der Waals surface area contributed by atoms with Crippen LogP contribution in [0.25, 0.3) is 0 Å². The molecule has 0 aromatic carbocycles. The van der Waals surface area contributed by atoms with E-state index in [-0.39, 0.29) is 24.2 Å². The highest BCUT2D eigenvalue weighted by atomic mass is 16.4. The first-order valence-electron chi connectivity index (χ1n) is 6.40. The Kier molecular flexibility index (Phi) is 3.82. The van der Waals surface area contributed by atoms with Crippen LogP contribution in [0.5, 0.6) is 0 Å². The summed E-state index contributed by atoms with van der Waals surface area (Å²) in [5, 5.41) is 15.9. The van der Waals surface area contributed by atoms with E-state index < -0.39 is 5.97 Å². The van der Waals surface area contributed by atoms with Crippen LogP contribution in [-0.2, 0) is 11.3 Å². The molecule has 19 heavy (non-hydrogen) atoms. The first kappa shape index (κ1) is 13.5. The Morgan fingerprint density at radius 3 is 2.79 bits per heavy atom. The molecule has 0 spiro atoms. The third-order valence-corrected chi connectivity index (χ3v) is 3.49. The van der Waals surface area contributed by atoms with E-state index in [0.29, 0.717) is 5.92 Å². The lowest BCUT2D eigenvalue weighted by Crippen LogP contribution is -2.46. The van der Waals surface area contributed by atoms with E-state index in [1.165, 1.54) is 10.9 Å². The Labute approximate surface area is 111 Å². The second kappa shape index (κ2) is 5.38. The van der Waals surface area contributed by atoms with E-state index in [2.05, 4.69) is 17.2 Å². The van der Waals surface area contributed by atoms with Gasteiger partial charge in [-0.2, -0.15) is 0 Å². The van der Waals surface area contributed by atoms with E-state index in [1.807, 2.05) is 11.8 Å². The van der Waals surface area contributed by atoms with Crippen molar-refractivity contribution >= 4 is 11.9 Å². The molecule has 1 aliphatic heterocycles. The number of aromatic carboxylic acids is 1. The molecule has 7 heteroatoms. The monoisotopic (exact) mass is 266 g/mol. The summed E-state index contributed by atoms with van der Waals surface area (Å²) in [5.74, 6) is -0.676. The van der Waals surface area contributed by atoms with Crippen LogP contribution in [0.15, 0.2) is 6.20 Å². The molecule has 104 valence electrons. The lowest BCUT2D eigenvalue weighted by Gasteiger charge is -2.36. The molecule has 0 aliphatic carbocycles. The van der Waals surface area contributed by atoms with E-state index in [1.54, 1.807) is 0 Å². The van der Waals surface area contributed by atoms with Crippen LogP contribution in [0.3, 0.4) is 0 Å². The maximum absolute atomic E-state index is 12.2. The summed E-state index contributed by atoms with van der Waals surface area (Å²) < 4.78 is 1.28. The zero-order chi connectivity index (χ0) is 14.0. The van der Waals surface area contributed by atoms with Crippen molar-refractivity contribution in [1.29, 1.82) is 0 Å². The van der Waals surface area contributed by atoms with Crippen molar-refractivity contribution < 1.29 is 14.7 Å². The Balaban J connectivity index is 2.01. The van der Waals surface area contributed by atoms with Gasteiger partial charge in [-0.3, -0.25) is 4.79 Å². The molecule has 1 saturated heterocycles. The summed E-state index contributed by atoms with van der Waals surface area (Å²) in [4.78, 5) is 24.7. The molecule has 1 aromatic heterocycles. The molecular formula is C12H18N4O3. The Hall–Kier alpha value is -1.92. The summed E-state index contributed by atoms with van der Waals surface area (Å²) in [6.45, 7) is 4.95. The second-order valence-corrected chi connectivity index (χ2v) is 5.18. The Morgan fingerprint density at radius 1 is 1.42 bits per heavy atom. The summed E-state index contributed by atoms with van der Waals surface area (Å²) in [5.41, 5.74) is -0.145. The highest BCUT2D eigenvalue weighted by Crippen LogP contribution is 2.21. The zero-order valence-electron chi connectivity index (χ0n) is 11.1. The van der Waals surface area contributed by atoms with Gasteiger partial charge in [-0.25, -0.2) is 9.48 Å². The number of amides is 1. The van der Waals surface area contributed by atoms with E-state index in [4.69, 9.17) is 5.11 Å². The van der Waals surface area contributed by atoms with Gasteiger partial charge in [0.25, 0.3) is 0 Å². The van der Waals surface area contributed by atoms with Crippen molar-refractivity contribution in [2.75, 3.05) is 6.54 Å². The quantitative estimate of drug-likeness (QED) is 0.866. The van der Waals surface area contributed by atoms with Crippen LogP contribution in [-0.4, -0.2) is 49.5 Å². The van der Waals surface area contributed by atoms with Crippen LogP contribution in [0, 0.1) is 5.92 Å². The van der Waals surface area contributed by atoms with Crippen LogP contribution in [0.1, 0.15) is 37.2 Å². The normalized spacial score (nSPS) is 23.4. The highest BCUT2D eigenvalue weighted by molar-refractivity contribution is 5.84. The van der Waals surface area contributed by atoms with Crippen molar-refractivity contribution in [2.24, 2.45) is 5.92 Å². The number of aromatic nitrogens is 3. The Bertz CT molecular complexity index is 485. The lowest BCUT2D eigenvalue weighted by atomic mass is 9.95. The first-order chi connectivity index (χ1) is 8.97. The van der Waals surface area contributed by atoms with Crippen LogP contribution in [0.4, 0.5) is 0 Å². The fraction of sp³-hybridized carbons (Fsp3) is 0.667.